The van der Waals surface area contributed by atoms with Crippen LogP contribution in [0.15, 0.2) is 18.2 Å². The molecule has 1 rings (SSSR count). The van der Waals surface area contributed by atoms with Gasteiger partial charge in [0.15, 0.2) is 5.52 Å². The highest BCUT2D eigenvalue weighted by Crippen LogP contribution is 2.33. The van der Waals surface area contributed by atoms with E-state index in [1.807, 2.05) is 0 Å². The van der Waals surface area contributed by atoms with Gasteiger partial charge in [-0.3, -0.25) is 4.79 Å². The van der Waals surface area contributed by atoms with Gasteiger partial charge in [-0.2, -0.15) is 0 Å². The highest BCUT2D eigenvalue weighted by Gasteiger charge is 2.18. The van der Waals surface area contributed by atoms with E-state index in [9.17, 15) is 4.79 Å². The lowest BCUT2D eigenvalue weighted by Crippen LogP contribution is -2.13. The maximum atomic E-state index is 12.4. The first kappa shape index (κ1) is 18.0. The quantitative estimate of drug-likeness (QED) is 0.691. The molecule has 1 aromatic carbocycles. The first-order valence-electron chi connectivity index (χ1n) is 7.27. The van der Waals surface area contributed by atoms with E-state index in [0.717, 1.165) is 12.6 Å². The second-order valence-corrected chi connectivity index (χ2v) is 7.86. The van der Waals surface area contributed by atoms with Gasteiger partial charge in [0, 0.05) is 6.07 Å². The van der Waals surface area contributed by atoms with Gasteiger partial charge >= 0.3 is 0 Å². The van der Waals surface area contributed by atoms with Gasteiger partial charge in [-0.25, -0.2) is 0 Å². The minimum atomic E-state index is 0.162. The Hall–Kier alpha value is -1.08. The number of hydrogen-bond donors (Lipinski definition) is 0. The lowest BCUT2D eigenvalue weighted by molar-refractivity contribution is 0.108. The third-order valence-corrected chi connectivity index (χ3v) is 4.72. The van der Waals surface area contributed by atoms with E-state index in [1.54, 1.807) is 32.4 Å². The number of methoxy groups -OCH3 is 2. The monoisotopic (exact) mass is 310 g/mol. The summed E-state index contributed by atoms with van der Waals surface area (Å²) in [6.45, 7) is 8.93. The molecule has 21 heavy (non-hydrogen) atoms. The molecule has 4 heteroatoms. The molecule has 2 atom stereocenters. The smallest absolute Gasteiger partial charge is 0.184 e. The van der Waals surface area contributed by atoms with Crippen LogP contribution >= 0.6 is 8.58 Å². The molecule has 0 fully saturated rings. The molecule has 0 spiro atoms. The van der Waals surface area contributed by atoms with E-state index >= 15 is 0 Å². The van der Waals surface area contributed by atoms with Crippen LogP contribution in [0, 0.1) is 11.3 Å². The molecule has 0 bridgehead atoms. The van der Waals surface area contributed by atoms with Crippen LogP contribution in [0.5, 0.6) is 11.5 Å². The fourth-order valence-corrected chi connectivity index (χ4v) is 3.54. The molecule has 0 N–H and O–H groups in total. The molecular formula is C17H27O3P. The zero-order valence-electron chi connectivity index (χ0n) is 13.9. The summed E-state index contributed by atoms with van der Waals surface area (Å²) in [4.78, 5) is 12.4. The van der Waals surface area contributed by atoms with E-state index in [-0.39, 0.29) is 14.1 Å². The standard InChI is InChI=1S/C17H27O3P/c1-12(10-17(2,3)4)11-21-16(18)14-8-7-13(19-5)9-15(14)20-6/h7-9,12,21H,10-11H2,1-6H3. The fourth-order valence-electron chi connectivity index (χ4n) is 2.47. The zero-order chi connectivity index (χ0) is 16.0. The van der Waals surface area contributed by atoms with Crippen LogP contribution in [-0.4, -0.2) is 25.9 Å². The number of ether oxygens (including phenoxy) is 2. The van der Waals surface area contributed by atoms with Gasteiger partial charge in [0.1, 0.15) is 11.5 Å². The highest BCUT2D eigenvalue weighted by atomic mass is 31.1. The van der Waals surface area contributed by atoms with Crippen LogP contribution in [0.25, 0.3) is 0 Å². The van der Waals surface area contributed by atoms with Crippen molar-refractivity contribution in [3.63, 3.8) is 0 Å². The van der Waals surface area contributed by atoms with Crippen molar-refractivity contribution < 1.29 is 14.3 Å². The molecule has 0 amide bonds. The molecule has 3 nitrogen and oxygen atoms in total. The van der Waals surface area contributed by atoms with Crippen LogP contribution in [0.4, 0.5) is 0 Å². The number of carbonyl (C=O) groups is 1. The molecule has 118 valence electrons. The Labute approximate surface area is 130 Å². The maximum absolute atomic E-state index is 12.4. The lowest BCUT2D eigenvalue weighted by Gasteiger charge is -2.23. The number of carbonyl (C=O) groups excluding carboxylic acids is 1. The minimum Gasteiger partial charge on any atom is -0.497 e. The summed E-state index contributed by atoms with van der Waals surface area (Å²) in [6, 6.07) is 5.36. The van der Waals surface area contributed by atoms with E-state index in [2.05, 4.69) is 27.7 Å². The van der Waals surface area contributed by atoms with Gasteiger partial charge < -0.3 is 9.47 Å². The molecule has 2 unspecified atom stereocenters. The summed E-state index contributed by atoms with van der Waals surface area (Å²) >= 11 is 0. The molecule has 0 heterocycles. The second-order valence-electron chi connectivity index (χ2n) is 6.65. The van der Waals surface area contributed by atoms with E-state index < -0.39 is 0 Å². The summed E-state index contributed by atoms with van der Waals surface area (Å²) in [7, 11) is 3.47. The minimum absolute atomic E-state index is 0.162. The normalized spacial score (nSPS) is 13.4. The number of benzene rings is 1. The first-order chi connectivity index (χ1) is 9.76. The molecule has 0 saturated carbocycles. The van der Waals surface area contributed by atoms with Gasteiger partial charge in [0.2, 0.25) is 0 Å². The zero-order valence-corrected chi connectivity index (χ0v) is 14.9. The van der Waals surface area contributed by atoms with E-state index in [1.165, 1.54) is 0 Å². The van der Waals surface area contributed by atoms with Crippen molar-refractivity contribution in [1.29, 1.82) is 0 Å². The predicted molar refractivity (Wildman–Crippen MR) is 90.3 cm³/mol. The Kier molecular flexibility index (Phi) is 6.67. The van der Waals surface area contributed by atoms with Crippen LogP contribution in [0.3, 0.4) is 0 Å². The number of rotatable bonds is 7. The molecule has 0 aliphatic carbocycles. The molecule has 0 aliphatic heterocycles. The van der Waals surface area contributed by atoms with Gasteiger partial charge in [0.05, 0.1) is 19.8 Å². The average Bonchev–Trinajstić information content (AvgIpc) is 2.42. The lowest BCUT2D eigenvalue weighted by atomic mass is 9.86. The molecule has 0 aromatic heterocycles. The average molecular weight is 310 g/mol. The summed E-state index contributed by atoms with van der Waals surface area (Å²) in [6.07, 6.45) is 2.07. The Morgan fingerprint density at radius 1 is 1.24 bits per heavy atom. The van der Waals surface area contributed by atoms with Crippen molar-refractivity contribution >= 4 is 14.1 Å². The van der Waals surface area contributed by atoms with Gasteiger partial charge in [0.25, 0.3) is 0 Å². The Balaban J connectivity index is 2.68. The van der Waals surface area contributed by atoms with Crippen molar-refractivity contribution in [2.75, 3.05) is 20.4 Å². The maximum Gasteiger partial charge on any atom is 0.184 e. The van der Waals surface area contributed by atoms with Gasteiger partial charge in [-0.05, 0) is 44.6 Å². The highest BCUT2D eigenvalue weighted by molar-refractivity contribution is 7.58. The summed E-state index contributed by atoms with van der Waals surface area (Å²) < 4.78 is 10.5. The summed E-state index contributed by atoms with van der Waals surface area (Å²) in [5.41, 5.74) is 1.12. The van der Waals surface area contributed by atoms with Crippen LogP contribution in [-0.2, 0) is 0 Å². The molecule has 1 aromatic rings. The van der Waals surface area contributed by atoms with Crippen molar-refractivity contribution in [3.05, 3.63) is 23.8 Å². The molecule has 0 saturated heterocycles. The summed E-state index contributed by atoms with van der Waals surface area (Å²) in [5, 5.41) is 0. The SMILES string of the molecule is COc1ccc(C(=O)PCC(C)CC(C)(C)C)c(OC)c1. The van der Waals surface area contributed by atoms with Crippen LogP contribution in [0.1, 0.15) is 44.5 Å². The van der Waals surface area contributed by atoms with Crippen molar-refractivity contribution in [1.82, 2.24) is 0 Å². The van der Waals surface area contributed by atoms with Crippen LogP contribution in [0.2, 0.25) is 0 Å². The van der Waals surface area contributed by atoms with Crippen molar-refractivity contribution in [3.8, 4) is 11.5 Å². The van der Waals surface area contributed by atoms with Gasteiger partial charge in [-0.15, -0.1) is 0 Å². The Bertz CT molecular complexity index is 477. The first-order valence-corrected chi connectivity index (χ1v) is 8.47. The number of hydrogen-bond acceptors (Lipinski definition) is 3. The van der Waals surface area contributed by atoms with Crippen molar-refractivity contribution in [2.45, 2.75) is 34.1 Å². The topological polar surface area (TPSA) is 35.5 Å². The fraction of sp³-hybridized carbons (Fsp3) is 0.588. The largest absolute Gasteiger partial charge is 0.497 e. The second kappa shape index (κ2) is 7.79. The molecule has 0 radical (unpaired) electrons. The third-order valence-electron chi connectivity index (χ3n) is 3.23. The predicted octanol–water partition coefficient (Wildman–Crippen LogP) is 4.59. The molecular weight excluding hydrogens is 283 g/mol. The Morgan fingerprint density at radius 2 is 1.90 bits per heavy atom. The van der Waals surface area contributed by atoms with Crippen LogP contribution < -0.4 is 9.47 Å². The molecule has 0 aliphatic rings. The Morgan fingerprint density at radius 3 is 2.43 bits per heavy atom. The van der Waals surface area contributed by atoms with E-state index in [0.29, 0.717) is 28.4 Å². The van der Waals surface area contributed by atoms with Gasteiger partial charge in [-0.1, -0.05) is 27.7 Å². The third kappa shape index (κ3) is 6.05. The van der Waals surface area contributed by atoms with E-state index in [4.69, 9.17) is 9.47 Å². The van der Waals surface area contributed by atoms with Crippen molar-refractivity contribution in [2.24, 2.45) is 11.3 Å². The summed E-state index contributed by atoms with van der Waals surface area (Å²) in [5.74, 6) is 1.85.